The molecule has 3 nitrogen and oxygen atoms in total. The van der Waals surface area contributed by atoms with E-state index in [-0.39, 0.29) is 0 Å². The molecule has 2 aromatic carbocycles. The van der Waals surface area contributed by atoms with E-state index < -0.39 is 0 Å². The monoisotopic (exact) mass is 358 g/mol. The van der Waals surface area contributed by atoms with Gasteiger partial charge >= 0.3 is 0 Å². The van der Waals surface area contributed by atoms with Crippen molar-refractivity contribution in [2.24, 2.45) is 5.92 Å². The summed E-state index contributed by atoms with van der Waals surface area (Å²) in [6.45, 7) is 4.88. The van der Waals surface area contributed by atoms with E-state index in [2.05, 4.69) is 48.7 Å². The van der Waals surface area contributed by atoms with Crippen LogP contribution >= 0.6 is 0 Å². The van der Waals surface area contributed by atoms with Crippen molar-refractivity contribution >= 4 is 17.0 Å². The summed E-state index contributed by atoms with van der Waals surface area (Å²) in [5.41, 5.74) is 4.27. The molecule has 1 saturated heterocycles. The van der Waals surface area contributed by atoms with Crippen LogP contribution in [0.15, 0.2) is 60.7 Å². The summed E-state index contributed by atoms with van der Waals surface area (Å²) in [7, 11) is 0. The molecule has 2 heterocycles. The van der Waals surface area contributed by atoms with Crippen molar-refractivity contribution in [1.82, 2.24) is 10.3 Å². The lowest BCUT2D eigenvalue weighted by Gasteiger charge is -2.19. The molecule has 1 aliphatic rings. The van der Waals surface area contributed by atoms with E-state index in [9.17, 15) is 0 Å². The minimum absolute atomic E-state index is 0.563. The van der Waals surface area contributed by atoms with Gasteiger partial charge in [0.1, 0.15) is 12.4 Å². The smallest absolute Gasteiger partial charge is 0.134 e. The van der Waals surface area contributed by atoms with Crippen LogP contribution in [0.3, 0.4) is 0 Å². The maximum absolute atomic E-state index is 6.28. The second kappa shape index (κ2) is 8.36. The highest BCUT2D eigenvalue weighted by Crippen LogP contribution is 2.32. The van der Waals surface area contributed by atoms with E-state index in [1.807, 2.05) is 30.3 Å². The Bertz CT molecular complexity index is 928. The zero-order valence-corrected chi connectivity index (χ0v) is 15.8. The van der Waals surface area contributed by atoms with Crippen LogP contribution < -0.4 is 10.1 Å². The summed E-state index contributed by atoms with van der Waals surface area (Å²) in [6, 6.07) is 18.5. The van der Waals surface area contributed by atoms with Crippen LogP contribution in [0.25, 0.3) is 17.0 Å². The van der Waals surface area contributed by atoms with Gasteiger partial charge in [-0.2, -0.15) is 0 Å². The van der Waals surface area contributed by atoms with Crippen LogP contribution in [0, 0.1) is 12.8 Å². The Morgan fingerprint density at radius 1 is 1.04 bits per heavy atom. The molecule has 1 aromatic heterocycles. The van der Waals surface area contributed by atoms with Crippen molar-refractivity contribution in [2.75, 3.05) is 13.1 Å². The van der Waals surface area contributed by atoms with Crippen molar-refractivity contribution in [3.05, 3.63) is 77.5 Å². The summed E-state index contributed by atoms with van der Waals surface area (Å²) < 4.78 is 6.28. The van der Waals surface area contributed by atoms with Gasteiger partial charge in [0.2, 0.25) is 0 Å². The second-order valence-electron chi connectivity index (χ2n) is 7.19. The summed E-state index contributed by atoms with van der Waals surface area (Å²) in [5.74, 6) is 1.57. The van der Waals surface area contributed by atoms with Crippen molar-refractivity contribution < 1.29 is 4.74 Å². The molecule has 1 aliphatic heterocycles. The molecule has 0 aliphatic carbocycles. The lowest BCUT2D eigenvalue weighted by molar-refractivity contribution is 0.307. The molecule has 1 fully saturated rings. The molecule has 0 amide bonds. The zero-order chi connectivity index (χ0) is 18.5. The maximum Gasteiger partial charge on any atom is 0.134 e. The fourth-order valence-electron chi connectivity index (χ4n) is 3.64. The van der Waals surface area contributed by atoms with Crippen LogP contribution in [-0.4, -0.2) is 18.1 Å². The third-order valence-electron chi connectivity index (χ3n) is 5.25. The largest absolute Gasteiger partial charge is 0.488 e. The first-order chi connectivity index (χ1) is 13.3. The summed E-state index contributed by atoms with van der Waals surface area (Å²) in [6.07, 6.45) is 6.90. The van der Waals surface area contributed by atoms with Gasteiger partial charge in [0.15, 0.2) is 0 Å². The Hall–Kier alpha value is -2.65. The van der Waals surface area contributed by atoms with Gasteiger partial charge in [0.05, 0.1) is 11.2 Å². The quantitative estimate of drug-likeness (QED) is 0.686. The molecule has 138 valence electrons. The number of piperidine rings is 1. The van der Waals surface area contributed by atoms with Gasteiger partial charge in [-0.15, -0.1) is 0 Å². The molecule has 4 rings (SSSR count). The van der Waals surface area contributed by atoms with Crippen LogP contribution in [0.4, 0.5) is 0 Å². The Morgan fingerprint density at radius 2 is 1.78 bits per heavy atom. The number of hydrogen-bond donors (Lipinski definition) is 1. The molecule has 0 bridgehead atoms. The van der Waals surface area contributed by atoms with Crippen LogP contribution in [-0.2, 0) is 6.61 Å². The Kier molecular flexibility index (Phi) is 5.50. The molecule has 27 heavy (non-hydrogen) atoms. The minimum Gasteiger partial charge on any atom is -0.488 e. The van der Waals surface area contributed by atoms with Crippen LogP contribution in [0.2, 0.25) is 0 Å². The van der Waals surface area contributed by atoms with Crippen LogP contribution in [0.1, 0.15) is 29.7 Å². The lowest BCUT2D eigenvalue weighted by Crippen LogP contribution is -2.26. The number of pyridine rings is 1. The number of aromatic nitrogens is 1. The first kappa shape index (κ1) is 17.7. The Morgan fingerprint density at radius 3 is 2.59 bits per heavy atom. The van der Waals surface area contributed by atoms with E-state index in [0.29, 0.717) is 12.5 Å². The number of hydrogen-bond acceptors (Lipinski definition) is 3. The van der Waals surface area contributed by atoms with Crippen molar-refractivity contribution in [3.8, 4) is 5.75 Å². The number of nitrogens with one attached hydrogen (secondary N) is 1. The van der Waals surface area contributed by atoms with Gasteiger partial charge in [-0.25, -0.2) is 4.98 Å². The number of nitrogens with zero attached hydrogens (tertiary/aromatic N) is 1. The topological polar surface area (TPSA) is 34.2 Å². The molecular formula is C24H26N2O. The summed E-state index contributed by atoms with van der Waals surface area (Å²) in [4.78, 5) is 4.89. The molecule has 0 saturated carbocycles. The van der Waals surface area contributed by atoms with Gasteiger partial charge in [-0.1, -0.05) is 48.5 Å². The average Bonchev–Trinajstić information content (AvgIpc) is 2.73. The fraction of sp³-hybridized carbons (Fsp3) is 0.292. The van der Waals surface area contributed by atoms with E-state index in [0.717, 1.165) is 41.0 Å². The molecule has 0 radical (unpaired) electrons. The van der Waals surface area contributed by atoms with Crippen molar-refractivity contribution in [2.45, 2.75) is 26.4 Å². The predicted molar refractivity (Wildman–Crippen MR) is 112 cm³/mol. The Balaban J connectivity index is 1.65. The van der Waals surface area contributed by atoms with Gasteiger partial charge in [-0.3, -0.25) is 0 Å². The molecular weight excluding hydrogens is 332 g/mol. The predicted octanol–water partition coefficient (Wildman–Crippen LogP) is 5.14. The Labute approximate surface area is 161 Å². The highest BCUT2D eigenvalue weighted by Gasteiger charge is 2.13. The van der Waals surface area contributed by atoms with E-state index in [4.69, 9.17) is 9.72 Å². The molecule has 3 heteroatoms. The number of benzene rings is 2. The lowest BCUT2D eigenvalue weighted by atomic mass is 9.97. The van der Waals surface area contributed by atoms with E-state index >= 15 is 0 Å². The van der Waals surface area contributed by atoms with Crippen LogP contribution in [0.5, 0.6) is 5.75 Å². The number of ether oxygens (including phenoxy) is 1. The number of allylic oxidation sites excluding steroid dienone is 1. The highest BCUT2D eigenvalue weighted by atomic mass is 16.5. The third kappa shape index (κ3) is 4.20. The average molecular weight is 358 g/mol. The molecule has 0 spiro atoms. The standard InChI is InChI=1S/C24H26N2O/c1-18-22(12-11-19-13-15-25-16-14-19)26-23-10-6-5-9-21(23)24(18)27-17-20-7-3-2-4-8-20/h2-12,19,25H,13-17H2,1H3/b12-11+. The molecule has 0 atom stereocenters. The van der Waals surface area contributed by atoms with Gasteiger partial charge in [-0.05, 0) is 62.5 Å². The minimum atomic E-state index is 0.563. The molecule has 0 unspecified atom stereocenters. The zero-order valence-electron chi connectivity index (χ0n) is 15.8. The second-order valence-corrected chi connectivity index (χ2v) is 7.19. The third-order valence-corrected chi connectivity index (χ3v) is 5.25. The number of rotatable bonds is 5. The number of para-hydroxylation sites is 1. The summed E-state index contributed by atoms with van der Waals surface area (Å²) in [5, 5.41) is 4.49. The number of fused-ring (bicyclic) bond motifs is 1. The summed E-state index contributed by atoms with van der Waals surface area (Å²) >= 11 is 0. The molecule has 1 N–H and O–H groups in total. The van der Waals surface area contributed by atoms with E-state index in [1.54, 1.807) is 0 Å². The highest BCUT2D eigenvalue weighted by molar-refractivity contribution is 5.88. The normalized spacial score (nSPS) is 15.4. The fourth-order valence-corrected chi connectivity index (χ4v) is 3.64. The van der Waals surface area contributed by atoms with Gasteiger partial charge < -0.3 is 10.1 Å². The van der Waals surface area contributed by atoms with Crippen molar-refractivity contribution in [3.63, 3.8) is 0 Å². The first-order valence-corrected chi connectivity index (χ1v) is 9.76. The maximum atomic E-state index is 6.28. The van der Waals surface area contributed by atoms with Gasteiger partial charge in [0, 0.05) is 10.9 Å². The van der Waals surface area contributed by atoms with Crippen molar-refractivity contribution in [1.29, 1.82) is 0 Å². The van der Waals surface area contributed by atoms with Gasteiger partial charge in [0.25, 0.3) is 0 Å². The molecule has 3 aromatic rings. The SMILES string of the molecule is Cc1c(/C=C/C2CCNCC2)nc2ccccc2c1OCc1ccccc1. The first-order valence-electron chi connectivity index (χ1n) is 9.76. The van der Waals surface area contributed by atoms with E-state index in [1.165, 1.54) is 18.4 Å².